The number of hydrogen-bond acceptors (Lipinski definition) is 2. The monoisotopic (exact) mass is 215 g/mol. The Hall–Kier alpha value is -1.77. The lowest BCUT2D eigenvalue weighted by molar-refractivity contribution is 0.832. The Morgan fingerprint density at radius 3 is 2.88 bits per heavy atom. The maximum Gasteiger partial charge on any atom is 0.0771 e. The summed E-state index contributed by atoms with van der Waals surface area (Å²) in [7, 11) is 0. The van der Waals surface area contributed by atoms with Gasteiger partial charge in [-0.2, -0.15) is 0 Å². The summed E-state index contributed by atoms with van der Waals surface area (Å²) in [5.74, 6) is 0. The smallest absolute Gasteiger partial charge is 0.0771 e. The van der Waals surface area contributed by atoms with E-state index in [-0.39, 0.29) is 0 Å². The summed E-state index contributed by atoms with van der Waals surface area (Å²) in [5.41, 5.74) is 2.24. The first-order valence-corrected chi connectivity index (χ1v) is 5.73. The molecule has 1 N–H and O–H groups in total. The SMILES string of the molecule is CCCCNc1cnccc1-n1cccc1. The van der Waals surface area contributed by atoms with Crippen LogP contribution in [0.1, 0.15) is 19.8 Å². The second kappa shape index (κ2) is 5.35. The van der Waals surface area contributed by atoms with Crippen LogP contribution in [-0.4, -0.2) is 16.1 Å². The number of pyridine rings is 1. The fourth-order valence-corrected chi connectivity index (χ4v) is 1.64. The zero-order valence-electron chi connectivity index (χ0n) is 9.56. The molecule has 84 valence electrons. The zero-order valence-corrected chi connectivity index (χ0v) is 9.56. The summed E-state index contributed by atoms with van der Waals surface area (Å²) < 4.78 is 2.09. The average Bonchev–Trinajstić information content (AvgIpc) is 2.83. The van der Waals surface area contributed by atoms with Gasteiger partial charge in [-0.25, -0.2) is 0 Å². The molecule has 0 unspecified atom stereocenters. The molecule has 0 atom stereocenters. The third kappa shape index (κ3) is 2.42. The molecule has 2 aromatic rings. The first-order valence-electron chi connectivity index (χ1n) is 5.73. The van der Waals surface area contributed by atoms with E-state index in [0.717, 1.165) is 17.9 Å². The topological polar surface area (TPSA) is 29.9 Å². The number of nitrogens with zero attached hydrogens (tertiary/aromatic N) is 2. The van der Waals surface area contributed by atoms with Crippen molar-refractivity contribution in [3.8, 4) is 5.69 Å². The van der Waals surface area contributed by atoms with E-state index in [0.29, 0.717) is 0 Å². The lowest BCUT2D eigenvalue weighted by Crippen LogP contribution is -2.05. The highest BCUT2D eigenvalue weighted by molar-refractivity contribution is 5.59. The van der Waals surface area contributed by atoms with Gasteiger partial charge >= 0.3 is 0 Å². The summed E-state index contributed by atoms with van der Waals surface area (Å²) in [6, 6.07) is 6.07. The number of rotatable bonds is 5. The first kappa shape index (κ1) is 10.7. The summed E-state index contributed by atoms with van der Waals surface area (Å²) in [4.78, 5) is 4.16. The van der Waals surface area contributed by atoms with Crippen LogP contribution in [0.4, 0.5) is 5.69 Å². The molecular weight excluding hydrogens is 198 g/mol. The fraction of sp³-hybridized carbons (Fsp3) is 0.308. The molecule has 0 radical (unpaired) electrons. The first-order chi connectivity index (χ1) is 7.92. The molecule has 0 amide bonds. The molecule has 0 aromatic carbocycles. The third-order valence-electron chi connectivity index (χ3n) is 2.53. The summed E-state index contributed by atoms with van der Waals surface area (Å²) in [5, 5.41) is 3.42. The van der Waals surface area contributed by atoms with Gasteiger partial charge in [0.05, 0.1) is 17.6 Å². The average molecular weight is 215 g/mol. The van der Waals surface area contributed by atoms with Crippen LogP contribution in [0.25, 0.3) is 5.69 Å². The standard InChI is InChI=1S/C13H17N3/c1-2-3-7-15-12-11-14-8-6-13(12)16-9-4-5-10-16/h4-6,8-11,15H,2-3,7H2,1H3. The molecule has 0 aliphatic rings. The molecule has 2 heterocycles. The van der Waals surface area contributed by atoms with Gasteiger partial charge in [0.2, 0.25) is 0 Å². The van der Waals surface area contributed by atoms with E-state index in [2.05, 4.69) is 21.8 Å². The highest BCUT2D eigenvalue weighted by Crippen LogP contribution is 2.18. The molecule has 16 heavy (non-hydrogen) atoms. The Bertz CT molecular complexity index is 421. The third-order valence-corrected chi connectivity index (χ3v) is 2.53. The highest BCUT2D eigenvalue weighted by atomic mass is 15.0. The van der Waals surface area contributed by atoms with Crippen LogP contribution >= 0.6 is 0 Å². The Balaban J connectivity index is 2.18. The lowest BCUT2D eigenvalue weighted by Gasteiger charge is -2.11. The van der Waals surface area contributed by atoms with E-state index in [1.807, 2.05) is 43.0 Å². The molecule has 3 heteroatoms. The number of unbranched alkanes of at least 4 members (excludes halogenated alkanes) is 1. The van der Waals surface area contributed by atoms with Crippen molar-refractivity contribution < 1.29 is 0 Å². The largest absolute Gasteiger partial charge is 0.382 e. The van der Waals surface area contributed by atoms with Crippen molar-refractivity contribution in [3.63, 3.8) is 0 Å². The summed E-state index contributed by atoms with van der Waals surface area (Å²) >= 11 is 0. The van der Waals surface area contributed by atoms with E-state index in [9.17, 15) is 0 Å². The van der Waals surface area contributed by atoms with E-state index < -0.39 is 0 Å². The molecule has 0 aliphatic heterocycles. The van der Waals surface area contributed by atoms with Crippen LogP contribution in [-0.2, 0) is 0 Å². The minimum atomic E-state index is 0.996. The second-order valence-corrected chi connectivity index (χ2v) is 3.76. The van der Waals surface area contributed by atoms with E-state index in [4.69, 9.17) is 0 Å². The predicted molar refractivity (Wildman–Crippen MR) is 67.0 cm³/mol. The minimum absolute atomic E-state index is 0.996. The molecule has 0 aliphatic carbocycles. The molecule has 0 spiro atoms. The molecule has 0 bridgehead atoms. The van der Waals surface area contributed by atoms with Crippen molar-refractivity contribution >= 4 is 5.69 Å². The highest BCUT2D eigenvalue weighted by Gasteiger charge is 2.02. The molecule has 3 nitrogen and oxygen atoms in total. The Kier molecular flexibility index (Phi) is 3.59. The molecule has 0 saturated heterocycles. The Labute approximate surface area is 96.1 Å². The quantitative estimate of drug-likeness (QED) is 0.777. The van der Waals surface area contributed by atoms with E-state index in [1.165, 1.54) is 12.8 Å². The van der Waals surface area contributed by atoms with Crippen molar-refractivity contribution in [1.29, 1.82) is 0 Å². The number of aromatic nitrogens is 2. The van der Waals surface area contributed by atoms with Gasteiger partial charge in [0, 0.05) is 25.1 Å². The van der Waals surface area contributed by atoms with Gasteiger partial charge in [-0.05, 0) is 24.6 Å². The van der Waals surface area contributed by atoms with Crippen LogP contribution in [0.3, 0.4) is 0 Å². The van der Waals surface area contributed by atoms with Gasteiger partial charge in [0.1, 0.15) is 0 Å². The Morgan fingerprint density at radius 1 is 1.31 bits per heavy atom. The van der Waals surface area contributed by atoms with Crippen molar-refractivity contribution in [2.75, 3.05) is 11.9 Å². The number of nitrogens with one attached hydrogen (secondary N) is 1. The summed E-state index contributed by atoms with van der Waals surface area (Å²) in [6.07, 6.45) is 10.2. The van der Waals surface area contributed by atoms with Gasteiger partial charge in [-0.1, -0.05) is 13.3 Å². The van der Waals surface area contributed by atoms with Crippen LogP contribution in [0, 0.1) is 0 Å². The van der Waals surface area contributed by atoms with Crippen LogP contribution in [0.2, 0.25) is 0 Å². The molecular formula is C13H17N3. The van der Waals surface area contributed by atoms with Gasteiger partial charge in [0.25, 0.3) is 0 Å². The zero-order chi connectivity index (χ0) is 11.2. The summed E-state index contributed by atoms with van der Waals surface area (Å²) in [6.45, 7) is 3.19. The molecule has 0 fully saturated rings. The fourth-order valence-electron chi connectivity index (χ4n) is 1.64. The van der Waals surface area contributed by atoms with Crippen LogP contribution < -0.4 is 5.32 Å². The molecule has 2 aromatic heterocycles. The van der Waals surface area contributed by atoms with Crippen molar-refractivity contribution in [3.05, 3.63) is 43.0 Å². The lowest BCUT2D eigenvalue weighted by atomic mass is 10.3. The maximum atomic E-state index is 4.16. The van der Waals surface area contributed by atoms with Crippen LogP contribution in [0.5, 0.6) is 0 Å². The predicted octanol–water partition coefficient (Wildman–Crippen LogP) is 3.08. The van der Waals surface area contributed by atoms with E-state index in [1.54, 1.807) is 0 Å². The minimum Gasteiger partial charge on any atom is -0.382 e. The molecule has 0 saturated carbocycles. The number of hydrogen-bond donors (Lipinski definition) is 1. The van der Waals surface area contributed by atoms with Gasteiger partial charge in [-0.3, -0.25) is 4.98 Å². The Morgan fingerprint density at radius 2 is 2.12 bits per heavy atom. The van der Waals surface area contributed by atoms with Crippen molar-refractivity contribution in [2.24, 2.45) is 0 Å². The van der Waals surface area contributed by atoms with Crippen LogP contribution in [0.15, 0.2) is 43.0 Å². The molecule has 2 rings (SSSR count). The van der Waals surface area contributed by atoms with Gasteiger partial charge in [-0.15, -0.1) is 0 Å². The normalized spacial score (nSPS) is 10.3. The number of anilines is 1. The van der Waals surface area contributed by atoms with Gasteiger partial charge in [0.15, 0.2) is 0 Å². The van der Waals surface area contributed by atoms with Gasteiger partial charge < -0.3 is 9.88 Å². The van der Waals surface area contributed by atoms with E-state index >= 15 is 0 Å². The second-order valence-electron chi connectivity index (χ2n) is 3.76. The maximum absolute atomic E-state index is 4.16. The van der Waals surface area contributed by atoms with Crippen molar-refractivity contribution in [2.45, 2.75) is 19.8 Å². The van der Waals surface area contributed by atoms with Crippen molar-refractivity contribution in [1.82, 2.24) is 9.55 Å².